The zero-order valence-electron chi connectivity index (χ0n) is 18.8. The van der Waals surface area contributed by atoms with Crippen LogP contribution in [0.3, 0.4) is 0 Å². The summed E-state index contributed by atoms with van der Waals surface area (Å²) < 4.78 is 26.2. The van der Waals surface area contributed by atoms with Crippen molar-refractivity contribution in [2.24, 2.45) is 5.73 Å². The van der Waals surface area contributed by atoms with E-state index >= 15 is 0 Å². The fourth-order valence-corrected chi connectivity index (χ4v) is 5.88. The quantitative estimate of drug-likeness (QED) is 0.355. The lowest BCUT2D eigenvalue weighted by molar-refractivity contribution is -0.384. The van der Waals surface area contributed by atoms with Crippen molar-refractivity contribution in [1.82, 2.24) is 15.1 Å². The van der Waals surface area contributed by atoms with E-state index in [2.05, 4.69) is 15.5 Å². The molecule has 186 valence electrons. The Morgan fingerprint density at radius 1 is 1.20 bits per heavy atom. The van der Waals surface area contributed by atoms with Crippen LogP contribution >= 0.6 is 0 Å². The number of nitro groups is 1. The minimum Gasteiger partial charge on any atom is -0.378 e. The number of carbonyl (C=O) groups is 2. The number of hydrogen-bond acceptors (Lipinski definition) is 8. The molecule has 2 heterocycles. The van der Waals surface area contributed by atoms with Gasteiger partial charge in [-0.15, -0.1) is 0 Å². The number of nitrogens with one attached hydrogen (secondary N) is 2. The highest BCUT2D eigenvalue weighted by atomic mass is 32.2. The van der Waals surface area contributed by atoms with Crippen molar-refractivity contribution in [3.63, 3.8) is 0 Å². The van der Waals surface area contributed by atoms with Gasteiger partial charge in [-0.2, -0.15) is 0 Å². The Labute approximate surface area is 202 Å². The van der Waals surface area contributed by atoms with E-state index in [1.165, 1.54) is 36.4 Å². The Kier molecular flexibility index (Phi) is 6.89. The molecule has 2 aromatic rings. The smallest absolute Gasteiger partial charge is 0.317 e. The molecule has 2 aliphatic heterocycles. The van der Waals surface area contributed by atoms with Gasteiger partial charge in [0.15, 0.2) is 0 Å². The van der Waals surface area contributed by atoms with Crippen LogP contribution in [0, 0.1) is 10.1 Å². The Balaban J connectivity index is 1.47. The monoisotopic (exact) mass is 502 g/mol. The van der Waals surface area contributed by atoms with Crippen LogP contribution < -0.4 is 16.4 Å². The fourth-order valence-electron chi connectivity index (χ4n) is 4.40. The van der Waals surface area contributed by atoms with Crippen molar-refractivity contribution in [3.05, 3.63) is 58.1 Å². The number of anilines is 1. The van der Waals surface area contributed by atoms with Gasteiger partial charge in [-0.3, -0.25) is 19.8 Å². The molecule has 2 aliphatic rings. The second-order valence-corrected chi connectivity index (χ2v) is 10.3. The SMILES string of the molecule is NC(=O)c1ccccc1S(=O)(=O)c1ccc(NCCN2CCC3CNC(=O)N3CC2)c([N+](=O)[O-])c1. The molecule has 0 saturated carbocycles. The number of nitro benzene ring substituents is 1. The van der Waals surface area contributed by atoms with Crippen molar-refractivity contribution >= 4 is 33.2 Å². The highest BCUT2D eigenvalue weighted by Crippen LogP contribution is 2.31. The number of primary amides is 1. The van der Waals surface area contributed by atoms with Crippen LogP contribution in [0.5, 0.6) is 0 Å². The lowest BCUT2D eigenvalue weighted by Crippen LogP contribution is -2.37. The van der Waals surface area contributed by atoms with Gasteiger partial charge in [0.2, 0.25) is 15.7 Å². The number of amides is 3. The number of nitrogens with two attached hydrogens (primary N) is 1. The molecule has 0 bridgehead atoms. The molecule has 35 heavy (non-hydrogen) atoms. The lowest BCUT2D eigenvalue weighted by atomic mass is 10.2. The summed E-state index contributed by atoms with van der Waals surface area (Å²) >= 11 is 0. The van der Waals surface area contributed by atoms with Crippen LogP contribution in [0.1, 0.15) is 16.8 Å². The lowest BCUT2D eigenvalue weighted by Gasteiger charge is -2.21. The molecular formula is C22H26N6O6S. The number of fused-ring (bicyclic) bond motifs is 1. The fraction of sp³-hybridized carbons (Fsp3) is 0.364. The van der Waals surface area contributed by atoms with Gasteiger partial charge in [0.25, 0.3) is 5.69 Å². The van der Waals surface area contributed by atoms with Crippen molar-refractivity contribution < 1.29 is 22.9 Å². The van der Waals surface area contributed by atoms with Crippen LogP contribution in [0.15, 0.2) is 52.3 Å². The number of rotatable bonds is 8. The second kappa shape index (κ2) is 9.88. The van der Waals surface area contributed by atoms with Gasteiger partial charge in [0.05, 0.1) is 26.3 Å². The van der Waals surface area contributed by atoms with Crippen molar-refractivity contribution in [2.75, 3.05) is 44.6 Å². The molecule has 0 aromatic heterocycles. The molecule has 0 radical (unpaired) electrons. The Morgan fingerprint density at radius 2 is 1.97 bits per heavy atom. The summed E-state index contributed by atoms with van der Waals surface area (Å²) in [4.78, 5) is 38.0. The maximum absolute atomic E-state index is 13.1. The predicted molar refractivity (Wildman–Crippen MR) is 127 cm³/mol. The first-order chi connectivity index (χ1) is 16.7. The zero-order chi connectivity index (χ0) is 25.2. The topological polar surface area (TPSA) is 168 Å². The molecular weight excluding hydrogens is 476 g/mol. The highest BCUT2D eigenvalue weighted by molar-refractivity contribution is 7.91. The van der Waals surface area contributed by atoms with Crippen molar-refractivity contribution in [2.45, 2.75) is 22.3 Å². The van der Waals surface area contributed by atoms with Crippen LogP contribution in [0.4, 0.5) is 16.2 Å². The molecule has 3 amide bonds. The van der Waals surface area contributed by atoms with Gasteiger partial charge in [0.1, 0.15) is 5.69 Å². The molecule has 2 fully saturated rings. The maximum Gasteiger partial charge on any atom is 0.317 e. The minimum absolute atomic E-state index is 0.0425. The van der Waals surface area contributed by atoms with Gasteiger partial charge in [-0.25, -0.2) is 13.2 Å². The summed E-state index contributed by atoms with van der Waals surface area (Å²) in [5, 5.41) is 17.6. The van der Waals surface area contributed by atoms with Gasteiger partial charge in [-0.05, 0) is 30.7 Å². The molecule has 0 aliphatic carbocycles. The number of hydrogen-bond donors (Lipinski definition) is 3. The molecule has 4 rings (SSSR count). The molecule has 1 unspecified atom stereocenters. The van der Waals surface area contributed by atoms with E-state index in [0.29, 0.717) is 32.7 Å². The van der Waals surface area contributed by atoms with E-state index < -0.39 is 26.4 Å². The first kappa shape index (κ1) is 24.4. The van der Waals surface area contributed by atoms with E-state index in [1.54, 1.807) is 0 Å². The maximum atomic E-state index is 13.1. The summed E-state index contributed by atoms with van der Waals surface area (Å²) in [6.07, 6.45) is 0.845. The third kappa shape index (κ3) is 5.05. The first-order valence-corrected chi connectivity index (χ1v) is 12.6. The number of carbonyl (C=O) groups excluding carboxylic acids is 2. The van der Waals surface area contributed by atoms with E-state index in [1.807, 2.05) is 4.90 Å². The molecule has 1 atom stereocenters. The van der Waals surface area contributed by atoms with E-state index in [4.69, 9.17) is 5.73 Å². The third-order valence-electron chi connectivity index (χ3n) is 6.29. The Hall–Kier alpha value is -3.71. The highest BCUT2D eigenvalue weighted by Gasteiger charge is 2.33. The Bertz CT molecular complexity index is 1270. The summed E-state index contributed by atoms with van der Waals surface area (Å²) in [6, 6.07) is 9.20. The van der Waals surface area contributed by atoms with Gasteiger partial charge in [0, 0.05) is 45.3 Å². The Morgan fingerprint density at radius 3 is 2.71 bits per heavy atom. The number of benzene rings is 2. The van der Waals surface area contributed by atoms with Crippen LogP contribution in [-0.2, 0) is 9.84 Å². The summed E-state index contributed by atoms with van der Waals surface area (Å²) in [7, 11) is -4.22. The second-order valence-electron chi connectivity index (χ2n) is 8.39. The van der Waals surface area contributed by atoms with Gasteiger partial charge >= 0.3 is 6.03 Å². The normalized spacial score (nSPS) is 18.5. The molecule has 0 spiro atoms. The van der Waals surface area contributed by atoms with E-state index in [0.717, 1.165) is 19.0 Å². The van der Waals surface area contributed by atoms with E-state index in [-0.39, 0.29) is 33.1 Å². The minimum atomic E-state index is -4.22. The molecule has 12 nitrogen and oxygen atoms in total. The number of nitrogens with zero attached hydrogens (tertiary/aromatic N) is 3. The molecule has 4 N–H and O–H groups in total. The molecule has 13 heteroatoms. The average Bonchev–Trinajstić information content (AvgIpc) is 3.06. The summed E-state index contributed by atoms with van der Waals surface area (Å²) in [5.74, 6) is -0.911. The van der Waals surface area contributed by atoms with Crippen LogP contribution in [0.2, 0.25) is 0 Å². The van der Waals surface area contributed by atoms with Crippen LogP contribution in [-0.4, -0.2) is 80.4 Å². The number of urea groups is 1. The molecule has 2 saturated heterocycles. The van der Waals surface area contributed by atoms with Gasteiger partial charge in [-0.1, -0.05) is 12.1 Å². The van der Waals surface area contributed by atoms with Gasteiger partial charge < -0.3 is 21.3 Å². The summed E-state index contributed by atoms with van der Waals surface area (Å²) in [6.45, 7) is 3.77. The molecule has 2 aromatic carbocycles. The van der Waals surface area contributed by atoms with E-state index in [9.17, 15) is 28.1 Å². The number of sulfone groups is 1. The summed E-state index contributed by atoms with van der Waals surface area (Å²) in [5.41, 5.74) is 4.91. The third-order valence-corrected chi connectivity index (χ3v) is 8.10. The van der Waals surface area contributed by atoms with Crippen molar-refractivity contribution in [3.8, 4) is 0 Å². The predicted octanol–water partition coefficient (Wildman–Crippen LogP) is 1.04. The van der Waals surface area contributed by atoms with Crippen LogP contribution in [0.25, 0.3) is 0 Å². The standard InChI is InChI=1S/C22H26N6O6S/c23-21(29)17-3-1-2-4-20(17)35(33,34)16-5-6-18(19(13-16)28(31)32)24-8-10-26-9-7-15-14-25-22(30)27(15)12-11-26/h1-6,13,15,24H,7-12,14H2,(H2,23,29)(H,25,30). The zero-order valence-corrected chi connectivity index (χ0v) is 19.7. The largest absolute Gasteiger partial charge is 0.378 e. The van der Waals surface area contributed by atoms with Crippen molar-refractivity contribution in [1.29, 1.82) is 0 Å². The first-order valence-electron chi connectivity index (χ1n) is 11.1. The average molecular weight is 503 g/mol.